The molecule has 0 aliphatic heterocycles. The van der Waals surface area contributed by atoms with Gasteiger partial charge in [-0.05, 0) is 80.1 Å². The Morgan fingerprint density at radius 3 is 2.17 bits per heavy atom. The summed E-state index contributed by atoms with van der Waals surface area (Å²) in [7, 11) is 1.89. The molecule has 0 unspecified atom stereocenters. The zero-order valence-electron chi connectivity index (χ0n) is 17.0. The maximum absolute atomic E-state index is 13.6. The first-order valence-electron chi connectivity index (χ1n) is 9.26. The Balaban J connectivity index is 2.03. The number of halogens is 2. The van der Waals surface area contributed by atoms with Gasteiger partial charge in [0.05, 0.1) is 5.69 Å². The molecule has 0 N–H and O–H groups in total. The van der Waals surface area contributed by atoms with Crippen molar-refractivity contribution in [3.63, 3.8) is 0 Å². The quantitative estimate of drug-likeness (QED) is 0.400. The molecule has 0 aliphatic carbocycles. The largest absolute Gasteiger partial charge is 0.437 e. The SMILES string of the molecule is C=Nc1ccn(C)c1C(=NCC)Oc1c(C)cc(-c2cc(F)cc(F)c2)cc1C. The maximum atomic E-state index is 13.6. The highest BCUT2D eigenvalue weighted by Gasteiger charge is 2.18. The van der Waals surface area contributed by atoms with Crippen LogP contribution in [-0.2, 0) is 7.05 Å². The van der Waals surface area contributed by atoms with Gasteiger partial charge in [-0.2, -0.15) is 0 Å². The molecular formula is C23H23F2N3O. The van der Waals surface area contributed by atoms with Crippen molar-refractivity contribution in [1.82, 2.24) is 4.57 Å². The summed E-state index contributed by atoms with van der Waals surface area (Å²) in [6.07, 6.45) is 1.87. The van der Waals surface area contributed by atoms with Crippen molar-refractivity contribution < 1.29 is 13.5 Å². The van der Waals surface area contributed by atoms with Gasteiger partial charge in [-0.25, -0.2) is 13.8 Å². The molecule has 0 fully saturated rings. The highest BCUT2D eigenvalue weighted by atomic mass is 19.1. The molecule has 0 radical (unpaired) electrons. The van der Waals surface area contributed by atoms with Gasteiger partial charge in [-0.3, -0.25) is 4.99 Å². The van der Waals surface area contributed by atoms with Crippen molar-refractivity contribution >= 4 is 18.3 Å². The van der Waals surface area contributed by atoms with Gasteiger partial charge in [-0.15, -0.1) is 0 Å². The molecule has 0 bridgehead atoms. The van der Waals surface area contributed by atoms with E-state index in [1.807, 2.05) is 56.8 Å². The molecule has 150 valence electrons. The first-order chi connectivity index (χ1) is 13.8. The number of aliphatic imine (C=N–C) groups is 2. The number of hydrogen-bond acceptors (Lipinski definition) is 3. The van der Waals surface area contributed by atoms with Crippen molar-refractivity contribution in [3.05, 3.63) is 71.1 Å². The van der Waals surface area contributed by atoms with Gasteiger partial charge in [-0.1, -0.05) is 0 Å². The molecular weight excluding hydrogens is 372 g/mol. The van der Waals surface area contributed by atoms with Crippen LogP contribution in [0.5, 0.6) is 5.75 Å². The predicted molar refractivity (Wildman–Crippen MR) is 114 cm³/mol. The summed E-state index contributed by atoms with van der Waals surface area (Å²) in [5.74, 6) is -0.130. The highest BCUT2D eigenvalue weighted by molar-refractivity contribution is 5.99. The first-order valence-corrected chi connectivity index (χ1v) is 9.26. The third kappa shape index (κ3) is 4.26. The Hall–Kier alpha value is -3.28. The Kier molecular flexibility index (Phi) is 5.92. The van der Waals surface area contributed by atoms with E-state index in [1.54, 1.807) is 0 Å². The third-order valence-corrected chi connectivity index (χ3v) is 4.58. The molecule has 29 heavy (non-hydrogen) atoms. The van der Waals surface area contributed by atoms with Crippen LogP contribution in [0.3, 0.4) is 0 Å². The maximum Gasteiger partial charge on any atom is 0.241 e. The van der Waals surface area contributed by atoms with Gasteiger partial charge in [0, 0.05) is 25.9 Å². The smallest absolute Gasteiger partial charge is 0.241 e. The van der Waals surface area contributed by atoms with Gasteiger partial charge < -0.3 is 9.30 Å². The number of aromatic nitrogens is 1. The zero-order chi connectivity index (χ0) is 21.1. The van der Waals surface area contributed by atoms with Crippen LogP contribution < -0.4 is 4.74 Å². The number of hydrogen-bond donors (Lipinski definition) is 0. The summed E-state index contributed by atoms with van der Waals surface area (Å²) in [5, 5.41) is 0. The second-order valence-corrected chi connectivity index (χ2v) is 6.80. The average Bonchev–Trinajstić information content (AvgIpc) is 3.03. The number of nitrogens with zero attached hydrogens (tertiary/aromatic N) is 3. The van der Waals surface area contributed by atoms with Crippen LogP contribution in [-0.4, -0.2) is 23.7 Å². The summed E-state index contributed by atoms with van der Waals surface area (Å²) in [6.45, 7) is 9.86. The van der Waals surface area contributed by atoms with Crippen LogP contribution in [0.4, 0.5) is 14.5 Å². The topological polar surface area (TPSA) is 38.9 Å². The average molecular weight is 395 g/mol. The summed E-state index contributed by atoms with van der Waals surface area (Å²) in [5.41, 5.74) is 4.26. The fourth-order valence-corrected chi connectivity index (χ4v) is 3.30. The predicted octanol–water partition coefficient (Wildman–Crippen LogP) is 5.76. The lowest BCUT2D eigenvalue weighted by atomic mass is 9.99. The second kappa shape index (κ2) is 8.39. The number of benzene rings is 2. The van der Waals surface area contributed by atoms with E-state index in [0.717, 1.165) is 22.9 Å². The van der Waals surface area contributed by atoms with Crippen molar-refractivity contribution in [2.24, 2.45) is 17.0 Å². The summed E-state index contributed by atoms with van der Waals surface area (Å²) < 4.78 is 35.3. The van der Waals surface area contributed by atoms with Gasteiger partial charge in [0.25, 0.3) is 0 Å². The van der Waals surface area contributed by atoms with Crippen LogP contribution in [0.1, 0.15) is 23.7 Å². The van der Waals surface area contributed by atoms with E-state index < -0.39 is 11.6 Å². The molecule has 1 aromatic heterocycles. The molecule has 0 amide bonds. The summed E-state index contributed by atoms with van der Waals surface area (Å²) in [4.78, 5) is 8.55. The highest BCUT2D eigenvalue weighted by Crippen LogP contribution is 2.32. The Bertz CT molecular complexity index is 1060. The molecule has 6 heteroatoms. The fourth-order valence-electron chi connectivity index (χ4n) is 3.30. The van der Waals surface area contributed by atoms with Crippen molar-refractivity contribution in [2.75, 3.05) is 6.54 Å². The molecule has 0 saturated carbocycles. The van der Waals surface area contributed by atoms with Crippen LogP contribution in [0.2, 0.25) is 0 Å². The van der Waals surface area contributed by atoms with E-state index in [2.05, 4.69) is 16.7 Å². The fraction of sp³-hybridized carbons (Fsp3) is 0.217. The zero-order valence-corrected chi connectivity index (χ0v) is 17.0. The van der Waals surface area contributed by atoms with Crippen LogP contribution in [0.25, 0.3) is 11.1 Å². The van der Waals surface area contributed by atoms with Crippen LogP contribution in [0.15, 0.2) is 52.6 Å². The van der Waals surface area contributed by atoms with E-state index in [0.29, 0.717) is 35.0 Å². The minimum atomic E-state index is -0.610. The van der Waals surface area contributed by atoms with E-state index >= 15 is 0 Å². The number of rotatable bonds is 5. The monoisotopic (exact) mass is 395 g/mol. The standard InChI is InChI=1S/C23H23F2N3O/c1-6-27-23(21-20(26-4)7-8-28(21)5)29-22-14(2)9-16(10-15(22)3)17-11-18(24)13-19(25)12-17/h7-13H,4,6H2,1-3,5H3. The van der Waals surface area contributed by atoms with Gasteiger partial charge in [0.15, 0.2) is 0 Å². The van der Waals surface area contributed by atoms with Crippen LogP contribution in [0, 0.1) is 25.5 Å². The lowest BCUT2D eigenvalue weighted by Gasteiger charge is -2.16. The second-order valence-electron chi connectivity index (χ2n) is 6.80. The molecule has 1 heterocycles. The first kappa shape index (κ1) is 20.5. The van der Waals surface area contributed by atoms with E-state index in [1.165, 1.54) is 12.1 Å². The molecule has 0 spiro atoms. The van der Waals surface area contributed by atoms with Crippen molar-refractivity contribution in [1.29, 1.82) is 0 Å². The Morgan fingerprint density at radius 2 is 1.62 bits per heavy atom. The normalized spacial score (nSPS) is 11.6. The molecule has 0 saturated heterocycles. The van der Waals surface area contributed by atoms with Crippen molar-refractivity contribution in [2.45, 2.75) is 20.8 Å². The molecule has 2 aromatic carbocycles. The molecule has 0 atom stereocenters. The molecule has 3 aromatic rings. The molecule has 4 nitrogen and oxygen atoms in total. The molecule has 3 rings (SSSR count). The van der Waals surface area contributed by atoms with E-state index in [9.17, 15) is 8.78 Å². The van der Waals surface area contributed by atoms with E-state index in [4.69, 9.17) is 4.74 Å². The summed E-state index contributed by atoms with van der Waals surface area (Å²) in [6, 6.07) is 9.02. The Labute approximate surface area is 169 Å². The van der Waals surface area contributed by atoms with Gasteiger partial charge >= 0.3 is 0 Å². The lowest BCUT2D eigenvalue weighted by molar-refractivity contribution is 0.535. The minimum absolute atomic E-state index is 0.443. The van der Waals surface area contributed by atoms with Gasteiger partial charge in [0.1, 0.15) is 23.1 Å². The minimum Gasteiger partial charge on any atom is -0.437 e. The lowest BCUT2D eigenvalue weighted by Crippen LogP contribution is -2.16. The number of ether oxygens (including phenoxy) is 1. The summed E-state index contributed by atoms with van der Waals surface area (Å²) >= 11 is 0. The molecule has 0 aliphatic rings. The van der Waals surface area contributed by atoms with Crippen molar-refractivity contribution in [3.8, 4) is 16.9 Å². The van der Waals surface area contributed by atoms with Gasteiger partial charge in [0.2, 0.25) is 5.90 Å². The van der Waals surface area contributed by atoms with E-state index in [-0.39, 0.29) is 0 Å². The third-order valence-electron chi connectivity index (χ3n) is 4.58. The number of aryl methyl sites for hydroxylation is 3. The Morgan fingerprint density at radius 1 is 1.03 bits per heavy atom. The van der Waals surface area contributed by atoms with Crippen LogP contribution >= 0.6 is 0 Å².